The van der Waals surface area contributed by atoms with Gasteiger partial charge in [0.15, 0.2) is 11.4 Å². The third kappa shape index (κ3) is 3.82. The van der Waals surface area contributed by atoms with E-state index in [-0.39, 0.29) is 41.8 Å². The molecule has 13 heteroatoms. The molecule has 4 aliphatic rings. The predicted molar refractivity (Wildman–Crippen MR) is 139 cm³/mol. The van der Waals surface area contributed by atoms with Crippen molar-refractivity contribution in [2.75, 3.05) is 46.2 Å². The van der Waals surface area contributed by atoms with Gasteiger partial charge in [-0.15, -0.1) is 0 Å². The van der Waals surface area contributed by atoms with E-state index in [1.807, 2.05) is 0 Å². The van der Waals surface area contributed by atoms with Crippen LogP contribution in [0.4, 0.5) is 14.5 Å². The number of carbonyl (C=O) groups is 3. The van der Waals surface area contributed by atoms with Crippen LogP contribution in [0.25, 0.3) is 5.76 Å². The quantitative estimate of drug-likeness (QED) is 0.319. The van der Waals surface area contributed by atoms with Crippen LogP contribution >= 0.6 is 0 Å². The average molecular weight is 563 g/mol. The van der Waals surface area contributed by atoms with E-state index in [1.165, 1.54) is 23.9 Å². The minimum atomic E-state index is -2.82. The SMILES string of the molecule is CN(C)c1cc(CN2CC(F)(F)C2)c(O)c2c1C[C@H]1C[C@H]3[C@H](N(C)C)C(=O)C(C(N)=O)=C(O)[C@@]3(O)C(=O)C1=C2O. The smallest absolute Gasteiger partial charge is 0.272 e. The highest BCUT2D eigenvalue weighted by molar-refractivity contribution is 6.24. The van der Waals surface area contributed by atoms with Gasteiger partial charge in [-0.3, -0.25) is 24.2 Å². The van der Waals surface area contributed by atoms with Crippen LogP contribution in [0.1, 0.15) is 23.1 Å². The van der Waals surface area contributed by atoms with Crippen molar-refractivity contribution in [2.24, 2.45) is 17.6 Å². The Morgan fingerprint density at radius 3 is 2.30 bits per heavy atom. The molecule has 3 aliphatic carbocycles. The Morgan fingerprint density at radius 2 is 1.77 bits per heavy atom. The van der Waals surface area contributed by atoms with Gasteiger partial charge in [-0.25, -0.2) is 8.78 Å². The van der Waals surface area contributed by atoms with Crippen LogP contribution in [0.5, 0.6) is 5.75 Å². The van der Waals surface area contributed by atoms with Crippen molar-refractivity contribution < 1.29 is 43.6 Å². The number of benzene rings is 1. The van der Waals surface area contributed by atoms with Gasteiger partial charge in [0.25, 0.3) is 11.8 Å². The van der Waals surface area contributed by atoms with Crippen LogP contribution in [0.15, 0.2) is 23.0 Å². The molecule has 0 spiro atoms. The number of aromatic hydroxyl groups is 1. The van der Waals surface area contributed by atoms with Gasteiger partial charge < -0.3 is 31.1 Å². The lowest BCUT2D eigenvalue weighted by atomic mass is 9.57. The number of aliphatic hydroxyl groups excluding tert-OH is 2. The fourth-order valence-electron chi connectivity index (χ4n) is 6.83. The zero-order valence-corrected chi connectivity index (χ0v) is 22.5. The summed E-state index contributed by atoms with van der Waals surface area (Å²) in [5, 5.41) is 45.4. The first-order valence-electron chi connectivity index (χ1n) is 12.8. The van der Waals surface area contributed by atoms with Crippen molar-refractivity contribution in [3.05, 3.63) is 39.7 Å². The molecular formula is C27H32F2N4O7. The van der Waals surface area contributed by atoms with E-state index in [4.69, 9.17) is 5.73 Å². The maximum atomic E-state index is 14.0. The number of rotatable bonds is 5. The van der Waals surface area contributed by atoms with Crippen LogP contribution < -0.4 is 10.6 Å². The Hall–Kier alpha value is -3.55. The molecule has 40 heavy (non-hydrogen) atoms. The molecule has 0 unspecified atom stereocenters. The molecule has 1 aliphatic heterocycles. The maximum absolute atomic E-state index is 14.0. The fraction of sp³-hybridized carbons (Fsp3) is 0.519. The number of alkyl halides is 2. The largest absolute Gasteiger partial charge is 0.508 e. The highest BCUT2D eigenvalue weighted by Crippen LogP contribution is 2.54. The maximum Gasteiger partial charge on any atom is 0.272 e. The summed E-state index contributed by atoms with van der Waals surface area (Å²) in [6.07, 6.45) is 0.113. The van der Waals surface area contributed by atoms with Gasteiger partial charge in [0.1, 0.15) is 22.8 Å². The Kier molecular flexibility index (Phi) is 6.28. The first-order valence-corrected chi connectivity index (χ1v) is 12.8. The summed E-state index contributed by atoms with van der Waals surface area (Å²) < 4.78 is 26.9. The predicted octanol–water partition coefficient (Wildman–Crippen LogP) is 0.481. The van der Waals surface area contributed by atoms with Crippen LogP contribution in [-0.2, 0) is 27.3 Å². The highest BCUT2D eigenvalue weighted by atomic mass is 19.3. The number of Topliss-reactive ketones (excluding diaryl/α,β-unsaturated/α-hetero) is 2. The number of nitrogens with zero attached hydrogens (tertiary/aromatic N) is 3. The average Bonchev–Trinajstić information content (AvgIpc) is 2.81. The number of carbonyl (C=O) groups excluding carboxylic acids is 3. The monoisotopic (exact) mass is 562 g/mol. The van der Waals surface area contributed by atoms with Gasteiger partial charge in [0.05, 0.1) is 24.7 Å². The van der Waals surface area contributed by atoms with Gasteiger partial charge in [-0.1, -0.05) is 0 Å². The van der Waals surface area contributed by atoms with Gasteiger partial charge in [-0.05, 0) is 44.5 Å². The lowest BCUT2D eigenvalue weighted by Gasteiger charge is -2.50. The second kappa shape index (κ2) is 8.98. The van der Waals surface area contributed by atoms with Crippen molar-refractivity contribution in [1.82, 2.24) is 9.80 Å². The number of likely N-dealkylation sites (tertiary alicyclic amines) is 1. The molecule has 216 valence electrons. The van der Waals surface area contributed by atoms with E-state index in [2.05, 4.69) is 0 Å². The summed E-state index contributed by atoms with van der Waals surface area (Å²) in [7, 11) is 6.55. The molecule has 1 aromatic rings. The van der Waals surface area contributed by atoms with Gasteiger partial charge >= 0.3 is 0 Å². The summed E-state index contributed by atoms with van der Waals surface area (Å²) in [4.78, 5) is 43.9. The molecule has 1 saturated carbocycles. The third-order valence-electron chi connectivity index (χ3n) is 8.56. The molecule has 2 fully saturated rings. The van der Waals surface area contributed by atoms with Crippen molar-refractivity contribution in [2.45, 2.75) is 37.0 Å². The first-order chi connectivity index (χ1) is 18.5. The number of hydrogen-bond acceptors (Lipinski definition) is 10. The van der Waals surface area contributed by atoms with E-state index in [1.54, 1.807) is 25.1 Å². The van der Waals surface area contributed by atoms with Gasteiger partial charge in [0.2, 0.25) is 5.78 Å². The standard InChI is InChI=1S/C27H32F2N4O7/c1-31(2)15-7-12(8-33-9-26(28,29)10-33)20(34)17-13(15)5-11-6-14-19(32(3)4)22(36)18(25(30)39)24(38)27(14,40)23(37)16(11)21(17)35/h7,11,14,19,34-35,38,40H,5-6,8-10H2,1-4H3,(H2,30,39)/t11-,14-,19-,27-/m0/s1. The number of halogens is 2. The number of aliphatic hydroxyl groups is 3. The zero-order chi connectivity index (χ0) is 29.6. The number of hydrogen-bond donors (Lipinski definition) is 5. The lowest BCUT2D eigenvalue weighted by Crippen LogP contribution is -2.65. The molecule has 0 radical (unpaired) electrons. The Bertz CT molecular complexity index is 1410. The first kappa shape index (κ1) is 28.0. The number of amides is 1. The Labute approximate surface area is 228 Å². The molecule has 5 rings (SSSR count). The number of fused-ring (bicyclic) bond motifs is 3. The minimum absolute atomic E-state index is 0.0238. The number of phenols is 1. The minimum Gasteiger partial charge on any atom is -0.508 e. The molecule has 0 aromatic heterocycles. The number of phenolic OH excluding ortho intramolecular Hbond substituents is 1. The summed E-state index contributed by atoms with van der Waals surface area (Å²) in [6.45, 7) is -0.995. The second-order valence-corrected chi connectivity index (χ2v) is 11.6. The van der Waals surface area contributed by atoms with E-state index in [9.17, 15) is 43.6 Å². The molecule has 1 saturated heterocycles. The van der Waals surface area contributed by atoms with E-state index in [0.29, 0.717) is 11.3 Å². The number of primary amides is 1. The summed E-state index contributed by atoms with van der Waals surface area (Å²) in [5.41, 5.74) is 2.76. The third-order valence-corrected chi connectivity index (χ3v) is 8.56. The molecule has 0 bridgehead atoms. The van der Waals surface area contributed by atoms with E-state index in [0.717, 1.165) is 0 Å². The van der Waals surface area contributed by atoms with Crippen LogP contribution in [0.2, 0.25) is 0 Å². The molecule has 6 N–H and O–H groups in total. The van der Waals surface area contributed by atoms with Gasteiger partial charge in [-0.2, -0.15) is 0 Å². The van der Waals surface area contributed by atoms with Crippen molar-refractivity contribution in [1.29, 1.82) is 0 Å². The second-order valence-electron chi connectivity index (χ2n) is 11.6. The summed E-state index contributed by atoms with van der Waals surface area (Å²) in [5.74, 6) is -10.1. The van der Waals surface area contributed by atoms with Crippen molar-refractivity contribution in [3.8, 4) is 5.75 Å². The Morgan fingerprint density at radius 1 is 1.15 bits per heavy atom. The van der Waals surface area contributed by atoms with Crippen molar-refractivity contribution in [3.63, 3.8) is 0 Å². The molecular weight excluding hydrogens is 530 g/mol. The van der Waals surface area contributed by atoms with Crippen LogP contribution in [0, 0.1) is 11.8 Å². The molecule has 11 nitrogen and oxygen atoms in total. The molecule has 1 aromatic carbocycles. The topological polar surface area (TPSA) is 168 Å². The number of likely N-dealkylation sites (N-methyl/N-ethyl adjacent to an activating group) is 1. The van der Waals surface area contributed by atoms with Crippen molar-refractivity contribution >= 4 is 28.9 Å². The van der Waals surface area contributed by atoms with E-state index >= 15 is 0 Å². The number of nitrogens with two attached hydrogens (primary N) is 1. The van der Waals surface area contributed by atoms with Gasteiger partial charge in [0, 0.05) is 43.4 Å². The molecule has 1 heterocycles. The summed E-state index contributed by atoms with van der Waals surface area (Å²) in [6, 6.07) is 0.487. The lowest BCUT2D eigenvalue weighted by molar-refractivity contribution is -0.153. The van der Waals surface area contributed by atoms with Crippen LogP contribution in [0.3, 0.4) is 0 Å². The molecule has 4 atom stereocenters. The van der Waals surface area contributed by atoms with Crippen LogP contribution in [-0.4, -0.2) is 107 Å². The highest BCUT2D eigenvalue weighted by Gasteiger charge is 2.64. The molecule has 1 amide bonds. The fourth-order valence-corrected chi connectivity index (χ4v) is 6.83. The Balaban J connectivity index is 1.68. The van der Waals surface area contributed by atoms with E-state index < -0.39 is 77.1 Å². The number of ketones is 2. The number of anilines is 1. The zero-order valence-electron chi connectivity index (χ0n) is 22.5. The normalized spacial score (nSPS) is 29.6. The summed E-state index contributed by atoms with van der Waals surface area (Å²) >= 11 is 0.